The summed E-state index contributed by atoms with van der Waals surface area (Å²) in [5.74, 6) is 1.03. The second kappa shape index (κ2) is 8.00. The van der Waals surface area contributed by atoms with Crippen molar-refractivity contribution in [3.05, 3.63) is 69.5 Å². The van der Waals surface area contributed by atoms with Gasteiger partial charge in [-0.15, -0.1) is 0 Å². The fourth-order valence-electron chi connectivity index (χ4n) is 3.37. The van der Waals surface area contributed by atoms with E-state index < -0.39 is 0 Å². The van der Waals surface area contributed by atoms with E-state index in [4.69, 9.17) is 11.6 Å². The van der Waals surface area contributed by atoms with Crippen LogP contribution in [-0.2, 0) is 6.54 Å². The molecule has 3 heterocycles. The van der Waals surface area contributed by atoms with Crippen molar-refractivity contribution in [2.24, 2.45) is 0 Å². The maximum absolute atomic E-state index is 6.67. The van der Waals surface area contributed by atoms with Crippen LogP contribution >= 0.6 is 27.5 Å². The highest BCUT2D eigenvalue weighted by atomic mass is 79.9. The largest absolute Gasteiger partial charge is 0.354 e. The Balaban J connectivity index is 1.43. The molecule has 0 unspecified atom stereocenters. The van der Waals surface area contributed by atoms with Crippen molar-refractivity contribution < 1.29 is 0 Å². The van der Waals surface area contributed by atoms with Crippen LogP contribution in [0.4, 0.5) is 5.82 Å². The molecule has 0 amide bonds. The molecule has 1 saturated heterocycles. The minimum absolute atomic E-state index is 0.704. The lowest BCUT2D eigenvalue weighted by atomic mass is 10.2. The Morgan fingerprint density at radius 3 is 2.44 bits per heavy atom. The maximum Gasteiger partial charge on any atom is 0.137 e. The molecule has 0 spiro atoms. The summed E-state index contributed by atoms with van der Waals surface area (Å²) in [7, 11) is 0. The number of piperazine rings is 1. The standard InChI is InChI=1S/C20H21BrClN5/c1-15-18(20(22)27(24-15)17-5-3-2-4-6-17)14-25-9-11-26(12-10-25)19-8-7-16(21)13-23-19/h2-8,13H,9-12,14H2,1H3. The van der Waals surface area contributed by atoms with Crippen LogP contribution in [0, 0.1) is 6.92 Å². The Morgan fingerprint density at radius 2 is 1.78 bits per heavy atom. The average Bonchev–Trinajstić information content (AvgIpc) is 2.98. The van der Waals surface area contributed by atoms with Crippen molar-refractivity contribution in [3.8, 4) is 5.69 Å². The SMILES string of the molecule is Cc1nn(-c2ccccc2)c(Cl)c1CN1CCN(c2ccc(Br)cn2)CC1. The third kappa shape index (κ3) is 4.03. The number of aryl methyl sites for hydroxylation is 1. The first kappa shape index (κ1) is 18.5. The zero-order valence-corrected chi connectivity index (χ0v) is 17.5. The van der Waals surface area contributed by atoms with Crippen molar-refractivity contribution >= 4 is 33.3 Å². The predicted molar refractivity (Wildman–Crippen MR) is 113 cm³/mol. The van der Waals surface area contributed by atoms with Gasteiger partial charge in [-0.3, -0.25) is 4.90 Å². The smallest absolute Gasteiger partial charge is 0.137 e. The van der Waals surface area contributed by atoms with Crippen LogP contribution in [0.25, 0.3) is 5.69 Å². The number of aromatic nitrogens is 3. The lowest BCUT2D eigenvalue weighted by Gasteiger charge is -2.35. The van der Waals surface area contributed by atoms with Gasteiger partial charge in [0.05, 0.1) is 11.4 Å². The first-order chi connectivity index (χ1) is 13.1. The molecule has 1 fully saturated rings. The minimum atomic E-state index is 0.704. The summed E-state index contributed by atoms with van der Waals surface area (Å²) in [6.45, 7) is 6.71. The Hall–Kier alpha value is -1.89. The molecule has 5 nitrogen and oxygen atoms in total. The van der Waals surface area contributed by atoms with E-state index in [1.54, 1.807) is 0 Å². The van der Waals surface area contributed by atoms with Crippen molar-refractivity contribution in [2.75, 3.05) is 31.1 Å². The Labute approximate surface area is 172 Å². The van der Waals surface area contributed by atoms with Crippen LogP contribution in [0.1, 0.15) is 11.3 Å². The van der Waals surface area contributed by atoms with Gasteiger partial charge in [0.15, 0.2) is 0 Å². The van der Waals surface area contributed by atoms with Crippen LogP contribution in [0.15, 0.2) is 53.1 Å². The topological polar surface area (TPSA) is 37.2 Å². The summed E-state index contributed by atoms with van der Waals surface area (Å²) in [5, 5.41) is 5.35. The molecule has 2 aromatic heterocycles. The van der Waals surface area contributed by atoms with E-state index >= 15 is 0 Å². The molecule has 140 valence electrons. The minimum Gasteiger partial charge on any atom is -0.354 e. The first-order valence-corrected chi connectivity index (χ1v) is 10.2. The van der Waals surface area contributed by atoms with E-state index in [0.717, 1.165) is 60.0 Å². The molecule has 0 aliphatic carbocycles. The molecule has 0 radical (unpaired) electrons. The molecule has 7 heteroatoms. The van der Waals surface area contributed by atoms with Crippen LogP contribution in [0.2, 0.25) is 5.15 Å². The summed E-state index contributed by atoms with van der Waals surface area (Å²) in [6, 6.07) is 14.1. The lowest BCUT2D eigenvalue weighted by Crippen LogP contribution is -2.46. The van der Waals surface area contributed by atoms with Gasteiger partial charge in [-0.1, -0.05) is 29.8 Å². The number of para-hydroxylation sites is 1. The van der Waals surface area contributed by atoms with Gasteiger partial charge in [-0.25, -0.2) is 9.67 Å². The molecule has 27 heavy (non-hydrogen) atoms. The molecule has 1 aromatic carbocycles. The highest BCUT2D eigenvalue weighted by Gasteiger charge is 2.22. The fourth-order valence-corrected chi connectivity index (χ4v) is 3.93. The molecule has 4 rings (SSSR count). The van der Waals surface area contributed by atoms with Gasteiger partial charge in [-0.05, 0) is 47.1 Å². The fraction of sp³-hybridized carbons (Fsp3) is 0.300. The number of rotatable bonds is 4. The van der Waals surface area contributed by atoms with E-state index in [2.05, 4.69) is 41.9 Å². The zero-order chi connectivity index (χ0) is 18.8. The van der Waals surface area contributed by atoms with E-state index in [9.17, 15) is 0 Å². The van der Waals surface area contributed by atoms with Crippen molar-refractivity contribution in [1.82, 2.24) is 19.7 Å². The third-order valence-electron chi connectivity index (χ3n) is 4.91. The highest BCUT2D eigenvalue weighted by molar-refractivity contribution is 9.10. The van der Waals surface area contributed by atoms with E-state index in [0.29, 0.717) is 5.15 Å². The van der Waals surface area contributed by atoms with Crippen molar-refractivity contribution in [3.63, 3.8) is 0 Å². The van der Waals surface area contributed by atoms with Gasteiger partial charge in [0.25, 0.3) is 0 Å². The molecule has 1 aliphatic heterocycles. The van der Waals surface area contributed by atoms with Crippen molar-refractivity contribution in [2.45, 2.75) is 13.5 Å². The van der Waals surface area contributed by atoms with Crippen LogP contribution < -0.4 is 4.90 Å². The molecule has 3 aromatic rings. The highest BCUT2D eigenvalue weighted by Crippen LogP contribution is 2.25. The van der Waals surface area contributed by atoms with Gasteiger partial charge in [0.1, 0.15) is 11.0 Å². The van der Waals surface area contributed by atoms with Gasteiger partial charge >= 0.3 is 0 Å². The summed E-state index contributed by atoms with van der Waals surface area (Å²) in [4.78, 5) is 9.26. The van der Waals surface area contributed by atoms with E-state index in [-0.39, 0.29) is 0 Å². The van der Waals surface area contributed by atoms with Gasteiger partial charge in [-0.2, -0.15) is 5.10 Å². The van der Waals surface area contributed by atoms with E-state index in [1.807, 2.05) is 54.2 Å². The number of pyridine rings is 1. The average molecular weight is 447 g/mol. The first-order valence-electron chi connectivity index (χ1n) is 9.00. The molecular formula is C20H21BrClN5. The van der Waals surface area contributed by atoms with Crippen LogP contribution in [-0.4, -0.2) is 45.8 Å². The van der Waals surface area contributed by atoms with Gasteiger partial charge in [0, 0.05) is 49.0 Å². The summed E-state index contributed by atoms with van der Waals surface area (Å²) < 4.78 is 2.83. The Bertz CT molecular complexity index is 902. The van der Waals surface area contributed by atoms with Crippen LogP contribution in [0.3, 0.4) is 0 Å². The molecular weight excluding hydrogens is 426 g/mol. The molecule has 0 N–H and O–H groups in total. The lowest BCUT2D eigenvalue weighted by molar-refractivity contribution is 0.249. The molecule has 1 aliphatic rings. The Kier molecular flexibility index (Phi) is 5.48. The molecule has 0 saturated carbocycles. The molecule has 0 atom stereocenters. The Morgan fingerprint density at radius 1 is 1.04 bits per heavy atom. The third-order valence-corrected chi connectivity index (χ3v) is 5.77. The number of anilines is 1. The second-order valence-electron chi connectivity index (χ2n) is 6.70. The maximum atomic E-state index is 6.67. The zero-order valence-electron chi connectivity index (χ0n) is 15.1. The number of hydrogen-bond donors (Lipinski definition) is 0. The number of hydrogen-bond acceptors (Lipinski definition) is 4. The van der Waals surface area contributed by atoms with Crippen LogP contribution in [0.5, 0.6) is 0 Å². The molecule has 0 bridgehead atoms. The van der Waals surface area contributed by atoms with Gasteiger partial charge in [0.2, 0.25) is 0 Å². The predicted octanol–water partition coefficient (Wildman–Crippen LogP) is 4.31. The monoisotopic (exact) mass is 445 g/mol. The second-order valence-corrected chi connectivity index (χ2v) is 7.97. The van der Waals surface area contributed by atoms with Crippen molar-refractivity contribution in [1.29, 1.82) is 0 Å². The van der Waals surface area contributed by atoms with E-state index in [1.165, 1.54) is 0 Å². The summed E-state index contributed by atoms with van der Waals surface area (Å²) >= 11 is 10.1. The number of benzene rings is 1. The van der Waals surface area contributed by atoms with Gasteiger partial charge < -0.3 is 4.90 Å². The summed E-state index contributed by atoms with van der Waals surface area (Å²) in [6.07, 6.45) is 1.85. The number of halogens is 2. The quantitative estimate of drug-likeness (QED) is 0.598. The normalized spacial score (nSPS) is 15.3. The number of nitrogens with zero attached hydrogens (tertiary/aromatic N) is 5. The summed E-state index contributed by atoms with van der Waals surface area (Å²) in [5.41, 5.74) is 3.08.